The summed E-state index contributed by atoms with van der Waals surface area (Å²) in [6.45, 7) is 3.90. The van der Waals surface area contributed by atoms with Crippen LogP contribution in [0.4, 0.5) is 0 Å². The molecule has 0 bridgehead atoms. The first kappa shape index (κ1) is 16.4. The fraction of sp³-hybridized carbons (Fsp3) is 0.294. The molecule has 0 spiro atoms. The van der Waals surface area contributed by atoms with Crippen LogP contribution in [0.2, 0.25) is 0 Å². The number of hydrogen-bond donors (Lipinski definition) is 0. The Labute approximate surface area is 144 Å². The number of para-hydroxylation sites is 1. The number of thioether (sulfide) groups is 1. The highest BCUT2D eigenvalue weighted by Gasteiger charge is 2.15. The molecule has 0 aliphatic heterocycles. The lowest BCUT2D eigenvalue weighted by molar-refractivity contribution is -0.134. The molecule has 0 saturated heterocycles. The minimum Gasteiger partial charge on any atom is -0.427 e. The molecule has 24 heavy (non-hydrogen) atoms. The molecule has 0 unspecified atom stereocenters. The van der Waals surface area contributed by atoms with E-state index in [1.807, 2.05) is 38.3 Å². The number of fused-ring (bicyclic) bond motifs is 1. The maximum atomic E-state index is 12.0. The summed E-state index contributed by atoms with van der Waals surface area (Å²) in [4.78, 5) is 20.9. The molecule has 0 N–H and O–H groups in total. The summed E-state index contributed by atoms with van der Waals surface area (Å²) in [5, 5.41) is 5.10. The number of aryl methyl sites for hydroxylation is 2. The average molecular weight is 342 g/mol. The predicted molar refractivity (Wildman–Crippen MR) is 92.4 cm³/mol. The van der Waals surface area contributed by atoms with Crippen LogP contribution in [-0.2, 0) is 11.2 Å². The number of hydrogen-bond acceptors (Lipinski definition) is 6. The third kappa shape index (κ3) is 3.41. The fourth-order valence-corrected chi connectivity index (χ4v) is 2.87. The second kappa shape index (κ2) is 7.00. The normalized spacial score (nSPS) is 11.0. The van der Waals surface area contributed by atoms with Gasteiger partial charge in [-0.1, -0.05) is 30.0 Å². The van der Waals surface area contributed by atoms with Crippen LogP contribution in [0, 0.1) is 13.8 Å². The molecular weight excluding hydrogens is 324 g/mol. The molecule has 0 atom stereocenters. The number of benzene rings is 1. The van der Waals surface area contributed by atoms with Crippen LogP contribution in [0.3, 0.4) is 0 Å². The highest BCUT2D eigenvalue weighted by atomic mass is 32.2. The van der Waals surface area contributed by atoms with Crippen molar-refractivity contribution in [1.29, 1.82) is 0 Å². The van der Waals surface area contributed by atoms with Gasteiger partial charge in [0.2, 0.25) is 5.16 Å². The molecule has 0 radical (unpaired) electrons. The second-order valence-corrected chi connectivity index (χ2v) is 6.13. The van der Waals surface area contributed by atoms with E-state index in [0.29, 0.717) is 23.1 Å². The standard InChI is InChI=1S/C17H18N4O2S/c1-11-14(9-10-15(22)23-13-7-5-4-6-8-13)12(2)21-16(18-11)19-17(20-21)24-3/h4-8H,9-10H2,1-3H3. The van der Waals surface area contributed by atoms with Gasteiger partial charge in [0.1, 0.15) is 5.75 Å². The van der Waals surface area contributed by atoms with Crippen molar-refractivity contribution >= 4 is 23.5 Å². The number of carbonyl (C=O) groups excluding carboxylic acids is 1. The van der Waals surface area contributed by atoms with Gasteiger partial charge >= 0.3 is 5.97 Å². The Balaban J connectivity index is 1.76. The molecule has 2 aromatic heterocycles. The van der Waals surface area contributed by atoms with E-state index in [-0.39, 0.29) is 12.4 Å². The third-order valence-corrected chi connectivity index (χ3v) is 4.30. The summed E-state index contributed by atoms with van der Waals surface area (Å²) in [5.41, 5.74) is 2.83. The molecule has 0 saturated carbocycles. The van der Waals surface area contributed by atoms with Crippen molar-refractivity contribution in [3.05, 3.63) is 47.3 Å². The van der Waals surface area contributed by atoms with Crippen LogP contribution in [0.5, 0.6) is 5.75 Å². The number of aromatic nitrogens is 4. The van der Waals surface area contributed by atoms with E-state index in [2.05, 4.69) is 15.1 Å². The van der Waals surface area contributed by atoms with Crippen molar-refractivity contribution in [1.82, 2.24) is 19.6 Å². The molecule has 0 aliphatic rings. The van der Waals surface area contributed by atoms with Crippen LogP contribution in [0.15, 0.2) is 35.5 Å². The van der Waals surface area contributed by atoms with Gasteiger partial charge < -0.3 is 4.74 Å². The highest BCUT2D eigenvalue weighted by Crippen LogP contribution is 2.18. The summed E-state index contributed by atoms with van der Waals surface area (Å²) in [6.07, 6.45) is 2.77. The number of esters is 1. The third-order valence-electron chi connectivity index (χ3n) is 3.77. The Hall–Kier alpha value is -2.41. The zero-order valence-electron chi connectivity index (χ0n) is 13.8. The maximum absolute atomic E-state index is 12.0. The number of carbonyl (C=O) groups is 1. The van der Waals surface area contributed by atoms with E-state index in [1.54, 1.807) is 16.6 Å². The van der Waals surface area contributed by atoms with E-state index < -0.39 is 0 Å². The quantitative estimate of drug-likeness (QED) is 0.403. The van der Waals surface area contributed by atoms with Gasteiger partial charge in [-0.3, -0.25) is 4.79 Å². The van der Waals surface area contributed by atoms with Crippen LogP contribution < -0.4 is 4.74 Å². The summed E-state index contributed by atoms with van der Waals surface area (Å²) in [7, 11) is 0. The van der Waals surface area contributed by atoms with E-state index in [4.69, 9.17) is 4.74 Å². The molecule has 1 aromatic carbocycles. The predicted octanol–water partition coefficient (Wildman–Crippen LogP) is 3.00. The van der Waals surface area contributed by atoms with Crippen molar-refractivity contribution in [3.63, 3.8) is 0 Å². The van der Waals surface area contributed by atoms with Gasteiger partial charge in [-0.25, -0.2) is 9.50 Å². The highest BCUT2D eigenvalue weighted by molar-refractivity contribution is 7.98. The summed E-state index contributed by atoms with van der Waals surface area (Å²) in [6, 6.07) is 9.08. The van der Waals surface area contributed by atoms with Gasteiger partial charge in [0.25, 0.3) is 5.78 Å². The van der Waals surface area contributed by atoms with Crippen molar-refractivity contribution < 1.29 is 9.53 Å². The summed E-state index contributed by atoms with van der Waals surface area (Å²) in [5.74, 6) is 0.888. The minimum absolute atomic E-state index is 0.261. The number of ether oxygens (including phenoxy) is 1. The number of rotatable bonds is 5. The molecule has 0 aliphatic carbocycles. The van der Waals surface area contributed by atoms with Gasteiger partial charge in [0.15, 0.2) is 0 Å². The molecule has 6 nitrogen and oxygen atoms in total. The number of nitrogens with zero attached hydrogens (tertiary/aromatic N) is 4. The Morgan fingerprint density at radius 3 is 2.67 bits per heavy atom. The lowest BCUT2D eigenvalue weighted by Crippen LogP contribution is -2.12. The van der Waals surface area contributed by atoms with E-state index in [0.717, 1.165) is 17.0 Å². The maximum Gasteiger partial charge on any atom is 0.311 e. The summed E-state index contributed by atoms with van der Waals surface area (Å²) >= 11 is 1.48. The van der Waals surface area contributed by atoms with Gasteiger partial charge in [0, 0.05) is 11.4 Å². The minimum atomic E-state index is -0.261. The van der Waals surface area contributed by atoms with E-state index in [1.165, 1.54) is 11.8 Å². The first-order valence-corrected chi connectivity index (χ1v) is 8.83. The van der Waals surface area contributed by atoms with Crippen LogP contribution in [0.1, 0.15) is 23.4 Å². The first-order valence-electron chi connectivity index (χ1n) is 7.61. The molecule has 3 aromatic rings. The monoisotopic (exact) mass is 342 g/mol. The fourth-order valence-electron chi connectivity index (χ4n) is 2.54. The largest absolute Gasteiger partial charge is 0.427 e. The van der Waals surface area contributed by atoms with Crippen molar-refractivity contribution in [2.24, 2.45) is 0 Å². The molecule has 124 valence electrons. The molecule has 2 heterocycles. The Kier molecular flexibility index (Phi) is 4.80. The second-order valence-electron chi connectivity index (χ2n) is 5.36. The van der Waals surface area contributed by atoms with E-state index in [9.17, 15) is 4.79 Å². The molecule has 3 rings (SSSR count). The Morgan fingerprint density at radius 1 is 1.21 bits per heavy atom. The smallest absolute Gasteiger partial charge is 0.311 e. The van der Waals surface area contributed by atoms with Gasteiger partial charge in [-0.05, 0) is 44.2 Å². The van der Waals surface area contributed by atoms with Crippen LogP contribution >= 0.6 is 11.8 Å². The lowest BCUT2D eigenvalue weighted by atomic mass is 10.1. The average Bonchev–Trinajstić information content (AvgIpc) is 2.99. The zero-order valence-corrected chi connectivity index (χ0v) is 14.6. The van der Waals surface area contributed by atoms with Crippen molar-refractivity contribution in [3.8, 4) is 5.75 Å². The molecule has 7 heteroatoms. The first-order chi connectivity index (χ1) is 11.6. The summed E-state index contributed by atoms with van der Waals surface area (Å²) < 4.78 is 7.06. The van der Waals surface area contributed by atoms with Gasteiger partial charge in [-0.15, -0.1) is 5.10 Å². The van der Waals surface area contributed by atoms with Crippen LogP contribution in [-0.4, -0.2) is 31.8 Å². The van der Waals surface area contributed by atoms with Crippen LogP contribution in [0.25, 0.3) is 5.78 Å². The Morgan fingerprint density at radius 2 is 1.96 bits per heavy atom. The van der Waals surface area contributed by atoms with E-state index >= 15 is 0 Å². The van der Waals surface area contributed by atoms with Crippen molar-refractivity contribution in [2.75, 3.05) is 6.26 Å². The SMILES string of the molecule is CSc1nc2nc(C)c(CCC(=O)Oc3ccccc3)c(C)n2n1. The van der Waals surface area contributed by atoms with Gasteiger partial charge in [-0.2, -0.15) is 4.98 Å². The molecular formula is C17H18N4O2S. The lowest BCUT2D eigenvalue weighted by Gasteiger charge is -2.10. The van der Waals surface area contributed by atoms with Gasteiger partial charge in [0.05, 0.1) is 6.42 Å². The topological polar surface area (TPSA) is 69.4 Å². The molecule has 0 fully saturated rings. The molecule has 0 amide bonds. The Bertz CT molecular complexity index is 877. The van der Waals surface area contributed by atoms with Crippen molar-refractivity contribution in [2.45, 2.75) is 31.8 Å². The zero-order chi connectivity index (χ0) is 17.1.